The van der Waals surface area contributed by atoms with Crippen molar-refractivity contribution < 1.29 is 9.18 Å². The highest BCUT2D eigenvalue weighted by molar-refractivity contribution is 6.03. The van der Waals surface area contributed by atoms with Gasteiger partial charge in [-0.3, -0.25) is 4.79 Å². The first kappa shape index (κ1) is 15.4. The third-order valence-corrected chi connectivity index (χ3v) is 4.11. The van der Waals surface area contributed by atoms with Crippen molar-refractivity contribution in [2.75, 3.05) is 5.32 Å². The van der Waals surface area contributed by atoms with E-state index >= 15 is 0 Å². The summed E-state index contributed by atoms with van der Waals surface area (Å²) in [6.45, 7) is 1.93. The van der Waals surface area contributed by atoms with Gasteiger partial charge in [-0.05, 0) is 61.7 Å². The molecule has 7 heteroatoms. The van der Waals surface area contributed by atoms with Gasteiger partial charge in [0.05, 0.1) is 11.4 Å². The van der Waals surface area contributed by atoms with E-state index in [9.17, 15) is 9.18 Å². The number of nitrogens with one attached hydrogen (secondary N) is 1. The third kappa shape index (κ3) is 3.13. The van der Waals surface area contributed by atoms with Gasteiger partial charge < -0.3 is 5.32 Å². The van der Waals surface area contributed by atoms with Gasteiger partial charge in [-0.2, -0.15) is 0 Å². The summed E-state index contributed by atoms with van der Waals surface area (Å²) in [4.78, 5) is 16.8. The minimum Gasteiger partial charge on any atom is -0.305 e. The molecule has 0 saturated heterocycles. The SMILES string of the molecule is Cc1ccnc(NC(=O)c2nnn(-c3ccc(F)cc3)c2C2CC2)c1. The van der Waals surface area contributed by atoms with E-state index in [1.54, 1.807) is 29.1 Å². The third-order valence-electron chi connectivity index (χ3n) is 4.11. The van der Waals surface area contributed by atoms with E-state index in [1.807, 2.05) is 13.0 Å². The molecule has 0 aliphatic heterocycles. The highest BCUT2D eigenvalue weighted by atomic mass is 19.1. The molecule has 0 unspecified atom stereocenters. The second-order valence-corrected chi connectivity index (χ2v) is 6.16. The number of nitrogens with zero attached hydrogens (tertiary/aromatic N) is 4. The molecule has 0 spiro atoms. The fraction of sp³-hybridized carbons (Fsp3) is 0.222. The van der Waals surface area contributed by atoms with Crippen molar-refractivity contribution in [1.29, 1.82) is 0 Å². The number of hydrogen-bond donors (Lipinski definition) is 1. The maximum absolute atomic E-state index is 13.2. The Kier molecular flexibility index (Phi) is 3.76. The quantitative estimate of drug-likeness (QED) is 0.793. The van der Waals surface area contributed by atoms with Crippen LogP contribution in [0.25, 0.3) is 5.69 Å². The molecule has 0 atom stereocenters. The van der Waals surface area contributed by atoms with Crippen LogP contribution < -0.4 is 5.32 Å². The number of anilines is 1. The van der Waals surface area contributed by atoms with E-state index in [1.165, 1.54) is 12.1 Å². The van der Waals surface area contributed by atoms with Gasteiger partial charge in [-0.15, -0.1) is 5.10 Å². The van der Waals surface area contributed by atoms with Crippen molar-refractivity contribution in [3.05, 3.63) is 65.4 Å². The van der Waals surface area contributed by atoms with Crippen LogP contribution in [0.3, 0.4) is 0 Å². The summed E-state index contributed by atoms with van der Waals surface area (Å²) in [5.74, 6) is 0.0584. The van der Waals surface area contributed by atoms with Crippen LogP contribution in [-0.4, -0.2) is 25.9 Å². The molecule has 126 valence electrons. The molecule has 6 nitrogen and oxygen atoms in total. The first-order valence-corrected chi connectivity index (χ1v) is 8.07. The molecule has 1 aliphatic rings. The summed E-state index contributed by atoms with van der Waals surface area (Å²) in [5.41, 5.74) is 2.73. The molecule has 1 saturated carbocycles. The van der Waals surface area contributed by atoms with Gasteiger partial charge in [-0.1, -0.05) is 5.21 Å². The molecule has 1 aromatic carbocycles. The lowest BCUT2D eigenvalue weighted by Crippen LogP contribution is -2.16. The summed E-state index contributed by atoms with van der Waals surface area (Å²) in [5, 5.41) is 11.0. The van der Waals surface area contributed by atoms with Crippen LogP contribution in [0.1, 0.15) is 40.5 Å². The maximum atomic E-state index is 13.2. The van der Waals surface area contributed by atoms with Crippen molar-refractivity contribution in [3.63, 3.8) is 0 Å². The fourth-order valence-electron chi connectivity index (χ4n) is 2.73. The van der Waals surface area contributed by atoms with Crippen molar-refractivity contribution in [3.8, 4) is 5.69 Å². The first-order chi connectivity index (χ1) is 12.1. The number of rotatable bonds is 4. The number of carbonyl (C=O) groups excluding carboxylic acids is 1. The van der Waals surface area contributed by atoms with E-state index in [4.69, 9.17) is 0 Å². The molecule has 2 heterocycles. The lowest BCUT2D eigenvalue weighted by molar-refractivity contribution is 0.102. The van der Waals surface area contributed by atoms with Crippen molar-refractivity contribution in [1.82, 2.24) is 20.0 Å². The van der Waals surface area contributed by atoms with Crippen molar-refractivity contribution in [2.24, 2.45) is 0 Å². The van der Waals surface area contributed by atoms with E-state index in [-0.39, 0.29) is 23.3 Å². The predicted octanol–water partition coefficient (Wildman–Crippen LogP) is 3.24. The number of halogens is 1. The van der Waals surface area contributed by atoms with E-state index in [0.717, 1.165) is 24.1 Å². The Labute approximate surface area is 143 Å². The summed E-state index contributed by atoms with van der Waals surface area (Å²) < 4.78 is 14.8. The average molecular weight is 337 g/mol. The van der Waals surface area contributed by atoms with Gasteiger partial charge in [0, 0.05) is 12.1 Å². The first-order valence-electron chi connectivity index (χ1n) is 8.07. The fourth-order valence-corrected chi connectivity index (χ4v) is 2.73. The molecular formula is C18H16FN5O. The molecule has 1 fully saturated rings. The Morgan fingerprint density at radius 2 is 2.00 bits per heavy atom. The smallest absolute Gasteiger partial charge is 0.279 e. The number of amides is 1. The monoisotopic (exact) mass is 337 g/mol. The maximum Gasteiger partial charge on any atom is 0.279 e. The lowest BCUT2D eigenvalue weighted by atomic mass is 10.2. The van der Waals surface area contributed by atoms with E-state index in [2.05, 4.69) is 20.6 Å². The molecule has 25 heavy (non-hydrogen) atoms. The zero-order valence-corrected chi connectivity index (χ0v) is 13.6. The number of benzene rings is 1. The van der Waals surface area contributed by atoms with Crippen molar-refractivity contribution in [2.45, 2.75) is 25.7 Å². The predicted molar refractivity (Wildman–Crippen MR) is 90.2 cm³/mol. The number of hydrogen-bond acceptors (Lipinski definition) is 4. The van der Waals surface area contributed by atoms with Crippen LogP contribution in [0.5, 0.6) is 0 Å². The zero-order valence-electron chi connectivity index (χ0n) is 13.6. The topological polar surface area (TPSA) is 72.7 Å². The lowest BCUT2D eigenvalue weighted by Gasteiger charge is -2.07. The van der Waals surface area contributed by atoms with E-state index < -0.39 is 0 Å². The molecule has 1 amide bonds. The van der Waals surface area contributed by atoms with Crippen LogP contribution in [0.2, 0.25) is 0 Å². The van der Waals surface area contributed by atoms with Crippen LogP contribution in [0, 0.1) is 12.7 Å². The zero-order chi connectivity index (χ0) is 17.4. The van der Waals surface area contributed by atoms with E-state index in [0.29, 0.717) is 11.5 Å². The number of carbonyl (C=O) groups is 1. The molecule has 0 bridgehead atoms. The standard InChI is InChI=1S/C18H16FN5O/c1-11-8-9-20-15(10-11)21-18(25)16-17(12-2-3-12)24(23-22-16)14-6-4-13(19)5-7-14/h4-10,12H,2-3H2,1H3,(H,20,21,25). The highest BCUT2D eigenvalue weighted by Gasteiger charge is 2.34. The summed E-state index contributed by atoms with van der Waals surface area (Å²) in [6.07, 6.45) is 3.61. The van der Waals surface area contributed by atoms with Crippen LogP contribution in [0.4, 0.5) is 10.2 Å². The Balaban J connectivity index is 1.68. The second-order valence-electron chi connectivity index (χ2n) is 6.16. The highest BCUT2D eigenvalue weighted by Crippen LogP contribution is 2.42. The summed E-state index contributed by atoms with van der Waals surface area (Å²) in [7, 11) is 0. The Bertz CT molecular complexity index is 931. The molecule has 3 aromatic rings. The number of pyridine rings is 1. The van der Waals surface area contributed by atoms with Gasteiger partial charge in [0.25, 0.3) is 5.91 Å². The molecule has 4 rings (SSSR count). The second kappa shape index (κ2) is 6.08. The van der Waals surface area contributed by atoms with Crippen LogP contribution in [0.15, 0.2) is 42.6 Å². The molecule has 2 aromatic heterocycles. The minimum atomic E-state index is -0.339. The van der Waals surface area contributed by atoms with Gasteiger partial charge >= 0.3 is 0 Å². The number of aromatic nitrogens is 4. The molecule has 1 aliphatic carbocycles. The van der Waals surface area contributed by atoms with Crippen molar-refractivity contribution >= 4 is 11.7 Å². The molecule has 0 radical (unpaired) electrons. The van der Waals surface area contributed by atoms with Crippen LogP contribution in [-0.2, 0) is 0 Å². The van der Waals surface area contributed by atoms with Gasteiger partial charge in [0.15, 0.2) is 5.69 Å². The summed E-state index contributed by atoms with van der Waals surface area (Å²) >= 11 is 0. The average Bonchev–Trinajstić information content (AvgIpc) is 3.34. The Hall–Kier alpha value is -3.09. The van der Waals surface area contributed by atoms with Gasteiger partial charge in [0.1, 0.15) is 11.6 Å². The Morgan fingerprint density at radius 3 is 2.68 bits per heavy atom. The number of aryl methyl sites for hydroxylation is 1. The Morgan fingerprint density at radius 1 is 1.24 bits per heavy atom. The van der Waals surface area contributed by atoms with Gasteiger partial charge in [-0.25, -0.2) is 14.1 Å². The minimum absolute atomic E-state index is 0.242. The molecular weight excluding hydrogens is 321 g/mol. The van der Waals surface area contributed by atoms with Gasteiger partial charge in [0.2, 0.25) is 0 Å². The molecule has 1 N–H and O–H groups in total. The largest absolute Gasteiger partial charge is 0.305 e. The normalized spacial score (nSPS) is 13.7. The van der Waals surface area contributed by atoms with Crippen LogP contribution >= 0.6 is 0 Å². The summed E-state index contributed by atoms with van der Waals surface area (Å²) in [6, 6.07) is 9.63.